The van der Waals surface area contributed by atoms with Crippen LogP contribution in [0.1, 0.15) is 16.7 Å². The number of hydrogen-bond donors (Lipinski definition) is 0. The lowest BCUT2D eigenvalue weighted by Gasteiger charge is -2.10. The van der Waals surface area contributed by atoms with Gasteiger partial charge in [0.15, 0.2) is 0 Å². The SMILES string of the molecule is Cc1ccc(-c2ccc(-c3ccc(-n4c5ccccc5c5ccccc54)cc3)cc2)cc1.Cc1ccc(-c2ccc(-n3c4ccccc4c4cc(-c5ccccc5)ccc43)cc2)cc1.Cc1ccc(-c2ccc(-n3c4ccccc4c4ccccc43)cc2)cc1. The fourth-order valence-electron chi connectivity index (χ4n) is 13.0. The van der Waals surface area contributed by atoms with E-state index in [0.29, 0.717) is 0 Å². The van der Waals surface area contributed by atoms with Crippen LogP contribution in [0.5, 0.6) is 0 Å². The van der Waals surface area contributed by atoms with Gasteiger partial charge in [0.2, 0.25) is 0 Å². The van der Waals surface area contributed by atoms with Gasteiger partial charge in [-0.3, -0.25) is 0 Å². The molecule has 0 saturated carbocycles. The molecule has 0 amide bonds. The largest absolute Gasteiger partial charge is 0.309 e. The lowest BCUT2D eigenvalue weighted by atomic mass is 9.99. The zero-order valence-corrected chi connectivity index (χ0v) is 50.7. The van der Waals surface area contributed by atoms with Gasteiger partial charge in [0, 0.05) is 49.4 Å². The van der Waals surface area contributed by atoms with Crippen LogP contribution in [0.3, 0.4) is 0 Å². The molecule has 14 aromatic carbocycles. The van der Waals surface area contributed by atoms with Crippen molar-refractivity contribution in [2.45, 2.75) is 20.8 Å². The maximum Gasteiger partial charge on any atom is 0.0541 e. The summed E-state index contributed by atoms with van der Waals surface area (Å²) >= 11 is 0. The molecule has 17 aromatic rings. The molecule has 90 heavy (non-hydrogen) atoms. The summed E-state index contributed by atoms with van der Waals surface area (Å²) < 4.78 is 7.08. The Kier molecular flexibility index (Phi) is 14.7. The summed E-state index contributed by atoms with van der Waals surface area (Å²) in [5.74, 6) is 0. The standard InChI is InChI=1S/2C31H23N.C25H19N/c1-22-10-12-23(13-11-22)24-14-16-25(17-15-24)26-18-20-27(21-19-26)32-30-8-4-2-6-28(30)29-7-3-5-9-31(29)32;1-22-11-13-24(14-12-22)25-15-18-27(19-16-25)32-30-10-6-5-9-28(30)29-21-26(17-20-31(29)32)23-7-3-2-4-8-23;1-18-10-12-19(13-11-18)20-14-16-21(17-15-20)26-24-8-4-2-6-22(24)23-7-3-5-9-25(23)26/h2*2-21H,1H3;2-17H,1H3. The molecule has 0 N–H and O–H groups in total. The first-order valence-corrected chi connectivity index (χ1v) is 31.0. The van der Waals surface area contributed by atoms with E-state index in [-0.39, 0.29) is 0 Å². The molecular weight excluding hydrogens is 1090 g/mol. The van der Waals surface area contributed by atoms with E-state index < -0.39 is 0 Å². The van der Waals surface area contributed by atoms with Crippen molar-refractivity contribution in [3.8, 4) is 72.7 Å². The molecule has 17 rings (SSSR count). The fourth-order valence-corrected chi connectivity index (χ4v) is 13.0. The van der Waals surface area contributed by atoms with Gasteiger partial charge in [-0.15, -0.1) is 0 Å². The van der Waals surface area contributed by atoms with E-state index in [9.17, 15) is 0 Å². The number of aromatic nitrogens is 3. The molecule has 3 heterocycles. The topological polar surface area (TPSA) is 14.8 Å². The first-order valence-electron chi connectivity index (χ1n) is 31.0. The van der Waals surface area contributed by atoms with Gasteiger partial charge in [0.25, 0.3) is 0 Å². The van der Waals surface area contributed by atoms with Crippen molar-refractivity contribution < 1.29 is 0 Å². The lowest BCUT2D eigenvalue weighted by molar-refractivity contribution is 1.18. The van der Waals surface area contributed by atoms with Crippen LogP contribution in [0.2, 0.25) is 0 Å². The Morgan fingerprint density at radius 1 is 0.156 bits per heavy atom. The number of para-hydroxylation sites is 5. The van der Waals surface area contributed by atoms with Crippen LogP contribution >= 0.6 is 0 Å². The molecule has 0 aliphatic heterocycles. The second-order valence-electron chi connectivity index (χ2n) is 23.5. The van der Waals surface area contributed by atoms with Crippen LogP contribution < -0.4 is 0 Å². The van der Waals surface area contributed by atoms with Crippen LogP contribution in [-0.4, -0.2) is 13.7 Å². The Bertz CT molecular complexity index is 5250. The van der Waals surface area contributed by atoms with Gasteiger partial charge < -0.3 is 13.7 Å². The average molecular weight is 1150 g/mol. The van der Waals surface area contributed by atoms with Crippen molar-refractivity contribution in [1.82, 2.24) is 13.7 Å². The molecule has 0 unspecified atom stereocenters. The van der Waals surface area contributed by atoms with Crippen molar-refractivity contribution >= 4 is 65.4 Å². The maximum absolute atomic E-state index is 2.37. The molecule has 0 fully saturated rings. The van der Waals surface area contributed by atoms with Crippen molar-refractivity contribution in [3.63, 3.8) is 0 Å². The van der Waals surface area contributed by atoms with Crippen LogP contribution in [-0.2, 0) is 0 Å². The zero-order chi connectivity index (χ0) is 60.5. The number of nitrogens with zero attached hydrogens (tertiary/aromatic N) is 3. The summed E-state index contributed by atoms with van der Waals surface area (Å²) in [4.78, 5) is 0. The minimum Gasteiger partial charge on any atom is -0.309 e. The van der Waals surface area contributed by atoms with Gasteiger partial charge in [-0.25, -0.2) is 0 Å². The molecule has 0 atom stereocenters. The molecule has 0 aliphatic carbocycles. The zero-order valence-electron chi connectivity index (χ0n) is 50.7. The van der Waals surface area contributed by atoms with Gasteiger partial charge in [-0.1, -0.05) is 278 Å². The highest BCUT2D eigenvalue weighted by atomic mass is 15.0. The van der Waals surface area contributed by atoms with Crippen molar-refractivity contribution in [1.29, 1.82) is 0 Å². The van der Waals surface area contributed by atoms with Crippen molar-refractivity contribution in [2.24, 2.45) is 0 Å². The Morgan fingerprint density at radius 3 is 0.644 bits per heavy atom. The second-order valence-corrected chi connectivity index (χ2v) is 23.5. The minimum absolute atomic E-state index is 1.18. The Labute approximate surface area is 525 Å². The maximum atomic E-state index is 2.37. The predicted molar refractivity (Wildman–Crippen MR) is 384 cm³/mol. The summed E-state index contributed by atoms with van der Waals surface area (Å²) in [5.41, 5.74) is 27.3. The molecule has 0 bridgehead atoms. The van der Waals surface area contributed by atoms with Gasteiger partial charge >= 0.3 is 0 Å². The number of benzene rings is 14. The summed E-state index contributed by atoms with van der Waals surface area (Å²) in [5, 5.41) is 7.74. The van der Waals surface area contributed by atoms with Crippen LogP contribution in [0.25, 0.3) is 138 Å². The molecule has 0 aliphatic rings. The van der Waals surface area contributed by atoms with Crippen LogP contribution in [0.4, 0.5) is 0 Å². The summed E-state index contributed by atoms with van der Waals surface area (Å²) in [6.07, 6.45) is 0. The van der Waals surface area contributed by atoms with E-state index in [1.807, 2.05) is 0 Å². The van der Waals surface area contributed by atoms with Crippen LogP contribution in [0, 0.1) is 20.8 Å². The van der Waals surface area contributed by atoms with Crippen LogP contribution in [0.15, 0.2) is 340 Å². The normalized spacial score (nSPS) is 11.3. The van der Waals surface area contributed by atoms with Gasteiger partial charge in [0.05, 0.1) is 33.1 Å². The number of hydrogen-bond acceptors (Lipinski definition) is 0. The van der Waals surface area contributed by atoms with E-state index in [2.05, 4.69) is 374 Å². The lowest BCUT2D eigenvalue weighted by Crippen LogP contribution is -1.93. The summed E-state index contributed by atoms with van der Waals surface area (Å²) in [6.45, 7) is 6.36. The average Bonchev–Trinajstić information content (AvgIpc) is 1.79. The monoisotopic (exact) mass is 1150 g/mol. The van der Waals surface area contributed by atoms with E-state index in [1.54, 1.807) is 0 Å². The highest BCUT2D eigenvalue weighted by Crippen LogP contribution is 2.38. The third-order valence-electron chi connectivity index (χ3n) is 17.7. The molecular formula is C87H65N3. The van der Waals surface area contributed by atoms with Gasteiger partial charge in [-0.05, 0) is 155 Å². The molecule has 0 saturated heterocycles. The minimum atomic E-state index is 1.18. The smallest absolute Gasteiger partial charge is 0.0541 e. The van der Waals surface area contributed by atoms with Crippen molar-refractivity contribution in [3.05, 3.63) is 356 Å². The predicted octanol–water partition coefficient (Wildman–Crippen LogP) is 23.6. The quantitative estimate of drug-likeness (QED) is 0.144. The first-order chi connectivity index (χ1) is 44.4. The van der Waals surface area contributed by atoms with Crippen molar-refractivity contribution in [2.75, 3.05) is 0 Å². The van der Waals surface area contributed by atoms with E-state index >= 15 is 0 Å². The highest BCUT2D eigenvalue weighted by molar-refractivity contribution is 6.12. The van der Waals surface area contributed by atoms with E-state index in [4.69, 9.17) is 0 Å². The summed E-state index contributed by atoms with van der Waals surface area (Å²) in [6, 6.07) is 122. The first kappa shape index (κ1) is 55.1. The Balaban J connectivity index is 0.000000113. The number of fused-ring (bicyclic) bond motifs is 9. The van der Waals surface area contributed by atoms with E-state index in [0.717, 1.165) is 0 Å². The molecule has 3 nitrogen and oxygen atoms in total. The molecule has 3 heteroatoms. The Morgan fingerprint density at radius 2 is 0.356 bits per heavy atom. The third kappa shape index (κ3) is 10.6. The third-order valence-corrected chi connectivity index (χ3v) is 17.7. The molecule has 428 valence electrons. The second kappa shape index (κ2) is 24.0. The number of aryl methyl sites for hydroxylation is 3. The van der Waals surface area contributed by atoms with E-state index in [1.165, 1.54) is 155 Å². The fraction of sp³-hybridized carbons (Fsp3) is 0.0345. The highest BCUT2D eigenvalue weighted by Gasteiger charge is 2.16. The molecule has 0 spiro atoms. The van der Waals surface area contributed by atoms with Gasteiger partial charge in [0.1, 0.15) is 0 Å². The Hall–Kier alpha value is -11.5. The molecule has 3 aromatic heterocycles. The summed E-state index contributed by atoms with van der Waals surface area (Å²) in [7, 11) is 0. The van der Waals surface area contributed by atoms with Gasteiger partial charge in [-0.2, -0.15) is 0 Å². The molecule has 0 radical (unpaired) electrons. The number of rotatable bonds is 8.